The maximum absolute atomic E-state index is 12.1. The lowest BCUT2D eigenvalue weighted by Crippen LogP contribution is -2.30. The second-order valence-corrected chi connectivity index (χ2v) is 7.16. The number of nitrogens with one attached hydrogen (secondary N) is 1. The Morgan fingerprint density at radius 3 is 2.89 bits per heavy atom. The normalized spacial score (nSPS) is 19.8. The molecule has 0 saturated carbocycles. The van der Waals surface area contributed by atoms with Gasteiger partial charge in [0, 0.05) is 22.9 Å². The molecule has 1 aromatic rings. The molecule has 0 bridgehead atoms. The Balaban J connectivity index is 1.99. The van der Waals surface area contributed by atoms with Gasteiger partial charge in [-0.25, -0.2) is 0 Å². The molecule has 1 atom stereocenters. The molecule has 1 amide bonds. The van der Waals surface area contributed by atoms with Crippen molar-refractivity contribution in [2.75, 3.05) is 22.6 Å². The molecule has 4 heteroatoms. The summed E-state index contributed by atoms with van der Waals surface area (Å²) in [4.78, 5) is 12.1. The zero-order valence-corrected chi connectivity index (χ0v) is 12.4. The van der Waals surface area contributed by atoms with Gasteiger partial charge in [0.1, 0.15) is 0 Å². The number of rotatable bonds is 3. The molecule has 1 fully saturated rings. The van der Waals surface area contributed by atoms with Gasteiger partial charge in [0.05, 0.1) is 5.25 Å². The molecule has 98 valence electrons. The summed E-state index contributed by atoms with van der Waals surface area (Å²) in [5.41, 5.74) is 2.18. The third-order valence-corrected chi connectivity index (χ3v) is 5.68. The molecule has 1 N–H and O–H groups in total. The first-order valence-electron chi connectivity index (χ1n) is 6.27. The fourth-order valence-electron chi connectivity index (χ4n) is 1.84. The van der Waals surface area contributed by atoms with Crippen LogP contribution in [0.3, 0.4) is 0 Å². The van der Waals surface area contributed by atoms with E-state index in [-0.39, 0.29) is 11.2 Å². The van der Waals surface area contributed by atoms with E-state index in [9.17, 15) is 4.79 Å². The largest absolute Gasteiger partial charge is 0.325 e. The molecule has 1 unspecified atom stereocenters. The van der Waals surface area contributed by atoms with E-state index in [4.69, 9.17) is 0 Å². The summed E-state index contributed by atoms with van der Waals surface area (Å²) in [6.45, 7) is 4.32. The Hall–Kier alpha value is -0.610. The van der Waals surface area contributed by atoms with Gasteiger partial charge in [0.25, 0.3) is 0 Å². The highest BCUT2D eigenvalue weighted by Crippen LogP contribution is 2.25. The highest BCUT2D eigenvalue weighted by atomic mass is 32.2. The van der Waals surface area contributed by atoms with Crippen LogP contribution in [-0.4, -0.2) is 28.4 Å². The molecule has 2 rings (SSSR count). The number of hydrogen-bond acceptors (Lipinski definition) is 3. The summed E-state index contributed by atoms with van der Waals surface area (Å²) >= 11 is 3.64. The Morgan fingerprint density at radius 1 is 1.39 bits per heavy atom. The number of benzene rings is 1. The maximum Gasteiger partial charge on any atom is 0.238 e. The van der Waals surface area contributed by atoms with Crippen molar-refractivity contribution in [3.8, 4) is 0 Å². The Kier molecular flexibility index (Phi) is 5.01. The second-order valence-electron chi connectivity index (χ2n) is 4.70. The van der Waals surface area contributed by atoms with E-state index in [2.05, 4.69) is 31.3 Å². The quantitative estimate of drug-likeness (QED) is 0.918. The first-order chi connectivity index (χ1) is 8.66. The molecule has 18 heavy (non-hydrogen) atoms. The summed E-state index contributed by atoms with van der Waals surface area (Å²) in [7, 11) is 0. The standard InChI is InChI=1S/C14H19NOS2/c1-10(2)11-4-3-5-12(8-11)15-14(16)13-9-17-6-7-18-13/h3-5,8,10,13H,6-7,9H2,1-2H3,(H,15,16). The maximum atomic E-state index is 12.1. The Labute approximate surface area is 117 Å². The van der Waals surface area contributed by atoms with E-state index >= 15 is 0 Å². The van der Waals surface area contributed by atoms with Gasteiger partial charge in [-0.3, -0.25) is 4.79 Å². The highest BCUT2D eigenvalue weighted by Gasteiger charge is 2.22. The molecule has 1 aromatic carbocycles. The summed E-state index contributed by atoms with van der Waals surface area (Å²) in [5, 5.41) is 3.14. The topological polar surface area (TPSA) is 29.1 Å². The predicted octanol–water partition coefficient (Wildman–Crippen LogP) is 3.60. The fraction of sp³-hybridized carbons (Fsp3) is 0.500. The highest BCUT2D eigenvalue weighted by molar-refractivity contribution is 8.07. The van der Waals surface area contributed by atoms with Crippen LogP contribution in [0.15, 0.2) is 24.3 Å². The van der Waals surface area contributed by atoms with Gasteiger partial charge < -0.3 is 5.32 Å². The molecule has 0 aliphatic carbocycles. The van der Waals surface area contributed by atoms with Gasteiger partial charge in [0.15, 0.2) is 0 Å². The lowest BCUT2D eigenvalue weighted by Gasteiger charge is -2.20. The van der Waals surface area contributed by atoms with Crippen LogP contribution in [-0.2, 0) is 4.79 Å². The van der Waals surface area contributed by atoms with Crippen LogP contribution in [0.5, 0.6) is 0 Å². The van der Waals surface area contributed by atoms with Crippen molar-refractivity contribution in [1.29, 1.82) is 0 Å². The minimum absolute atomic E-state index is 0.103. The average Bonchev–Trinajstić information content (AvgIpc) is 2.40. The van der Waals surface area contributed by atoms with Gasteiger partial charge in [-0.15, -0.1) is 11.8 Å². The summed E-state index contributed by atoms with van der Waals surface area (Å²) in [6.07, 6.45) is 0. The number of amides is 1. The van der Waals surface area contributed by atoms with Crippen LogP contribution >= 0.6 is 23.5 Å². The van der Waals surface area contributed by atoms with E-state index in [1.165, 1.54) is 5.56 Å². The smallest absolute Gasteiger partial charge is 0.238 e. The fourth-order valence-corrected chi connectivity index (χ4v) is 4.39. The molecule has 1 aliphatic heterocycles. The lowest BCUT2D eigenvalue weighted by atomic mass is 10.0. The van der Waals surface area contributed by atoms with Crippen molar-refractivity contribution in [3.05, 3.63) is 29.8 Å². The minimum atomic E-state index is 0.103. The zero-order valence-electron chi connectivity index (χ0n) is 10.8. The van der Waals surface area contributed by atoms with E-state index in [1.54, 1.807) is 11.8 Å². The summed E-state index contributed by atoms with van der Waals surface area (Å²) in [6, 6.07) is 8.15. The summed E-state index contributed by atoms with van der Waals surface area (Å²) < 4.78 is 0. The molecule has 0 spiro atoms. The van der Waals surface area contributed by atoms with E-state index in [0.29, 0.717) is 5.92 Å². The SMILES string of the molecule is CC(C)c1cccc(NC(=O)C2CSCCS2)c1. The predicted molar refractivity (Wildman–Crippen MR) is 82.7 cm³/mol. The van der Waals surface area contributed by atoms with Crippen molar-refractivity contribution in [3.63, 3.8) is 0 Å². The molecule has 0 radical (unpaired) electrons. The summed E-state index contributed by atoms with van der Waals surface area (Å²) in [5.74, 6) is 3.81. The van der Waals surface area contributed by atoms with Gasteiger partial charge in [0.2, 0.25) is 5.91 Å². The molecular weight excluding hydrogens is 262 g/mol. The van der Waals surface area contributed by atoms with Crippen molar-refractivity contribution in [2.24, 2.45) is 0 Å². The number of thioether (sulfide) groups is 2. The third kappa shape index (κ3) is 3.69. The van der Waals surface area contributed by atoms with E-state index < -0.39 is 0 Å². The van der Waals surface area contributed by atoms with Crippen LogP contribution in [0.1, 0.15) is 25.3 Å². The second kappa shape index (κ2) is 6.53. The van der Waals surface area contributed by atoms with Gasteiger partial charge >= 0.3 is 0 Å². The van der Waals surface area contributed by atoms with Crippen molar-refractivity contribution >= 4 is 35.1 Å². The van der Waals surface area contributed by atoms with E-state index in [0.717, 1.165) is 22.9 Å². The van der Waals surface area contributed by atoms with Crippen LogP contribution in [0, 0.1) is 0 Å². The molecule has 1 heterocycles. The van der Waals surface area contributed by atoms with Crippen LogP contribution in [0.25, 0.3) is 0 Å². The van der Waals surface area contributed by atoms with Crippen molar-refractivity contribution in [2.45, 2.75) is 25.0 Å². The van der Waals surface area contributed by atoms with Gasteiger partial charge in [-0.05, 0) is 23.6 Å². The minimum Gasteiger partial charge on any atom is -0.325 e. The number of carbonyl (C=O) groups excluding carboxylic acids is 1. The Morgan fingerprint density at radius 2 is 2.22 bits per heavy atom. The number of anilines is 1. The number of hydrogen-bond donors (Lipinski definition) is 1. The molecule has 0 aromatic heterocycles. The molecule has 2 nitrogen and oxygen atoms in total. The van der Waals surface area contributed by atoms with Crippen LogP contribution < -0.4 is 5.32 Å². The zero-order chi connectivity index (χ0) is 13.0. The molecule has 1 aliphatic rings. The van der Waals surface area contributed by atoms with Gasteiger partial charge in [-0.2, -0.15) is 11.8 Å². The number of carbonyl (C=O) groups is 1. The third-order valence-electron chi connectivity index (χ3n) is 2.93. The van der Waals surface area contributed by atoms with Crippen LogP contribution in [0.2, 0.25) is 0 Å². The van der Waals surface area contributed by atoms with Crippen LogP contribution in [0.4, 0.5) is 5.69 Å². The molecular formula is C14H19NOS2. The average molecular weight is 281 g/mol. The first-order valence-corrected chi connectivity index (χ1v) is 8.47. The first kappa shape index (κ1) is 13.8. The van der Waals surface area contributed by atoms with Crippen molar-refractivity contribution in [1.82, 2.24) is 0 Å². The Bertz CT molecular complexity index is 414. The van der Waals surface area contributed by atoms with Crippen molar-refractivity contribution < 1.29 is 4.79 Å². The molecule has 1 saturated heterocycles. The van der Waals surface area contributed by atoms with E-state index in [1.807, 2.05) is 23.9 Å². The monoisotopic (exact) mass is 281 g/mol. The van der Waals surface area contributed by atoms with Gasteiger partial charge in [-0.1, -0.05) is 26.0 Å². The lowest BCUT2D eigenvalue weighted by molar-refractivity contribution is -0.115.